The van der Waals surface area contributed by atoms with Crippen LogP contribution in [0.1, 0.15) is 16.7 Å². The van der Waals surface area contributed by atoms with Gasteiger partial charge in [0.15, 0.2) is 0 Å². The van der Waals surface area contributed by atoms with E-state index in [1.165, 1.54) is 12.1 Å². The summed E-state index contributed by atoms with van der Waals surface area (Å²) in [7, 11) is 0. The summed E-state index contributed by atoms with van der Waals surface area (Å²) < 4.78 is 38.2. The molecule has 0 nitrogen and oxygen atoms in total. The first-order chi connectivity index (χ1) is 8.07. The van der Waals surface area contributed by atoms with E-state index in [2.05, 4.69) is 6.07 Å². The molecule has 0 unspecified atom stereocenters. The molecule has 0 spiro atoms. The Morgan fingerprint density at radius 2 is 1.71 bits per heavy atom. The third-order valence-electron chi connectivity index (χ3n) is 2.50. The fourth-order valence-electron chi connectivity index (χ4n) is 1.70. The lowest BCUT2D eigenvalue weighted by Crippen LogP contribution is -2.09. The summed E-state index contributed by atoms with van der Waals surface area (Å²) in [5.41, 5.74) is 0.538. The molecule has 1 radical (unpaired) electrons. The molecule has 3 heteroatoms. The van der Waals surface area contributed by atoms with E-state index in [0.29, 0.717) is 0 Å². The molecule has 0 fully saturated rings. The fourth-order valence-corrected chi connectivity index (χ4v) is 1.70. The molecule has 17 heavy (non-hydrogen) atoms. The van der Waals surface area contributed by atoms with Gasteiger partial charge < -0.3 is 0 Å². The van der Waals surface area contributed by atoms with Crippen molar-refractivity contribution in [2.24, 2.45) is 0 Å². The van der Waals surface area contributed by atoms with Gasteiger partial charge >= 0.3 is 6.18 Å². The Balaban J connectivity index is 2.34. The van der Waals surface area contributed by atoms with Crippen molar-refractivity contribution in [2.75, 3.05) is 0 Å². The molecule has 87 valence electrons. The molecule has 2 aromatic rings. The number of halogens is 3. The summed E-state index contributed by atoms with van der Waals surface area (Å²) in [5, 5.41) is 0. The molecular weight excluding hydrogens is 225 g/mol. The Bertz CT molecular complexity index is 486. The molecule has 0 saturated carbocycles. The van der Waals surface area contributed by atoms with E-state index in [9.17, 15) is 13.2 Å². The van der Waals surface area contributed by atoms with Crippen LogP contribution in [0.15, 0.2) is 48.5 Å². The maximum atomic E-state index is 12.7. The van der Waals surface area contributed by atoms with E-state index in [1.807, 2.05) is 30.3 Å². The van der Waals surface area contributed by atoms with Gasteiger partial charge in [-0.25, -0.2) is 0 Å². The number of alkyl halides is 3. The average molecular weight is 235 g/mol. The summed E-state index contributed by atoms with van der Waals surface area (Å²) in [6, 6.07) is 15.6. The smallest absolute Gasteiger partial charge is 0.166 e. The Hall–Kier alpha value is -1.77. The molecule has 2 aromatic carbocycles. The van der Waals surface area contributed by atoms with Gasteiger partial charge in [-0.05, 0) is 29.7 Å². The maximum absolute atomic E-state index is 12.7. The minimum absolute atomic E-state index is 0.280. The lowest BCUT2D eigenvalue weighted by Gasteiger charge is -2.12. The Kier molecular flexibility index (Phi) is 3.18. The third kappa shape index (κ3) is 2.87. The zero-order valence-electron chi connectivity index (χ0n) is 8.96. The quantitative estimate of drug-likeness (QED) is 0.735. The van der Waals surface area contributed by atoms with Gasteiger partial charge in [0.05, 0.1) is 5.56 Å². The van der Waals surface area contributed by atoms with Gasteiger partial charge in [-0.1, -0.05) is 42.5 Å². The molecule has 0 amide bonds. The van der Waals surface area contributed by atoms with Crippen molar-refractivity contribution in [1.29, 1.82) is 0 Å². The Labute approximate surface area is 97.7 Å². The number of rotatable bonds is 2. The molecule has 0 atom stereocenters. The van der Waals surface area contributed by atoms with Crippen molar-refractivity contribution < 1.29 is 13.2 Å². The molecule has 0 N–H and O–H groups in total. The van der Waals surface area contributed by atoms with Crippen molar-refractivity contribution in [1.82, 2.24) is 0 Å². The van der Waals surface area contributed by atoms with Crippen molar-refractivity contribution in [2.45, 2.75) is 12.6 Å². The predicted octanol–water partition coefficient (Wildman–Crippen LogP) is 4.10. The summed E-state index contributed by atoms with van der Waals surface area (Å²) >= 11 is 0. The van der Waals surface area contributed by atoms with Crippen LogP contribution >= 0.6 is 0 Å². The van der Waals surface area contributed by atoms with Crippen LogP contribution in [0.5, 0.6) is 0 Å². The van der Waals surface area contributed by atoms with E-state index in [4.69, 9.17) is 0 Å². The first kappa shape index (κ1) is 11.7. The highest BCUT2D eigenvalue weighted by Gasteiger charge is 2.32. The van der Waals surface area contributed by atoms with E-state index in [1.54, 1.807) is 0 Å². The largest absolute Gasteiger partial charge is 0.416 e. The highest BCUT2D eigenvalue weighted by Crippen LogP contribution is 2.32. The van der Waals surface area contributed by atoms with Crippen LogP contribution in [-0.4, -0.2) is 0 Å². The monoisotopic (exact) mass is 235 g/mol. The number of benzene rings is 2. The second-order valence-corrected chi connectivity index (χ2v) is 3.74. The molecule has 0 aliphatic carbocycles. The standard InChI is InChI=1S/C14H10F3/c15-14(16,17)13-9-5-4-8-12(13)10-11-6-2-1-3-7-11/h1-4,6-9H,10H2. The number of hydrogen-bond donors (Lipinski definition) is 0. The lowest BCUT2D eigenvalue weighted by atomic mass is 9.99. The molecule has 0 aromatic heterocycles. The molecule has 0 aliphatic heterocycles. The van der Waals surface area contributed by atoms with E-state index in [-0.39, 0.29) is 12.0 Å². The minimum Gasteiger partial charge on any atom is -0.166 e. The normalized spacial score (nSPS) is 11.5. The van der Waals surface area contributed by atoms with E-state index < -0.39 is 11.7 Å². The number of hydrogen-bond acceptors (Lipinski definition) is 0. The van der Waals surface area contributed by atoms with Crippen LogP contribution in [-0.2, 0) is 12.6 Å². The highest BCUT2D eigenvalue weighted by atomic mass is 19.4. The summed E-state index contributed by atoms with van der Waals surface area (Å²) in [4.78, 5) is 0. The second-order valence-electron chi connectivity index (χ2n) is 3.74. The molecule has 0 heterocycles. The van der Waals surface area contributed by atoms with Crippen LogP contribution in [0.2, 0.25) is 0 Å². The third-order valence-corrected chi connectivity index (χ3v) is 2.50. The van der Waals surface area contributed by atoms with Crippen LogP contribution < -0.4 is 0 Å². The van der Waals surface area contributed by atoms with Crippen LogP contribution in [0.4, 0.5) is 13.2 Å². The summed E-state index contributed by atoms with van der Waals surface area (Å²) in [6.45, 7) is 0. The highest BCUT2D eigenvalue weighted by molar-refractivity contribution is 5.34. The maximum Gasteiger partial charge on any atom is 0.416 e. The van der Waals surface area contributed by atoms with Gasteiger partial charge in [-0.15, -0.1) is 0 Å². The zero-order chi connectivity index (χ0) is 12.3. The van der Waals surface area contributed by atoms with Crippen LogP contribution in [0, 0.1) is 6.07 Å². The first-order valence-corrected chi connectivity index (χ1v) is 5.17. The van der Waals surface area contributed by atoms with E-state index in [0.717, 1.165) is 11.6 Å². The SMILES string of the molecule is FC(F)(F)c1c[c]ccc1Cc1ccccc1. The Morgan fingerprint density at radius 1 is 1.00 bits per heavy atom. The second kappa shape index (κ2) is 4.62. The lowest BCUT2D eigenvalue weighted by molar-refractivity contribution is -0.138. The summed E-state index contributed by atoms with van der Waals surface area (Å²) in [5.74, 6) is 0. The minimum atomic E-state index is -4.32. The van der Waals surface area contributed by atoms with Gasteiger partial charge in [0, 0.05) is 0 Å². The molecule has 2 rings (SSSR count). The van der Waals surface area contributed by atoms with Crippen molar-refractivity contribution in [3.63, 3.8) is 0 Å². The van der Waals surface area contributed by atoms with Gasteiger partial charge in [-0.2, -0.15) is 13.2 Å². The van der Waals surface area contributed by atoms with Crippen LogP contribution in [0.25, 0.3) is 0 Å². The predicted molar refractivity (Wildman–Crippen MR) is 59.5 cm³/mol. The molecule has 0 aliphatic rings. The van der Waals surface area contributed by atoms with Crippen molar-refractivity contribution in [3.05, 3.63) is 71.3 Å². The van der Waals surface area contributed by atoms with Gasteiger partial charge in [0.2, 0.25) is 0 Å². The first-order valence-electron chi connectivity index (χ1n) is 5.17. The Morgan fingerprint density at radius 3 is 2.35 bits per heavy atom. The van der Waals surface area contributed by atoms with Crippen molar-refractivity contribution >= 4 is 0 Å². The fraction of sp³-hybridized carbons (Fsp3) is 0.143. The van der Waals surface area contributed by atoms with Crippen molar-refractivity contribution in [3.8, 4) is 0 Å². The topological polar surface area (TPSA) is 0 Å². The van der Waals surface area contributed by atoms with Gasteiger partial charge in [-0.3, -0.25) is 0 Å². The van der Waals surface area contributed by atoms with Crippen LogP contribution in [0.3, 0.4) is 0 Å². The van der Waals surface area contributed by atoms with Gasteiger partial charge in [0.25, 0.3) is 0 Å². The molecular formula is C14H10F3. The van der Waals surface area contributed by atoms with E-state index >= 15 is 0 Å². The zero-order valence-corrected chi connectivity index (χ0v) is 8.96. The molecule has 0 saturated heterocycles. The average Bonchev–Trinajstić information content (AvgIpc) is 2.30. The molecule has 0 bridgehead atoms. The summed E-state index contributed by atoms with van der Waals surface area (Å²) in [6.07, 6.45) is -4.04. The van der Waals surface area contributed by atoms with Gasteiger partial charge in [0.1, 0.15) is 0 Å².